The van der Waals surface area contributed by atoms with Crippen LogP contribution in [0.25, 0.3) is 11.0 Å². The van der Waals surface area contributed by atoms with Gasteiger partial charge >= 0.3 is 0 Å². The molecule has 0 saturated heterocycles. The van der Waals surface area contributed by atoms with Gasteiger partial charge in [-0.25, -0.2) is 4.98 Å². The second-order valence-electron chi connectivity index (χ2n) is 5.48. The van der Waals surface area contributed by atoms with Crippen LogP contribution in [0.4, 0.5) is 5.95 Å². The molecule has 3 aromatic rings. The van der Waals surface area contributed by atoms with Crippen molar-refractivity contribution in [2.45, 2.75) is 26.3 Å². The van der Waals surface area contributed by atoms with Gasteiger partial charge in [0, 0.05) is 6.54 Å². The topological polar surface area (TPSA) is 53.1 Å². The van der Waals surface area contributed by atoms with E-state index in [1.54, 1.807) is 0 Å². The van der Waals surface area contributed by atoms with Crippen LogP contribution in [0.1, 0.15) is 18.4 Å². The number of nitrogens with two attached hydrogens (primary N) is 1. The number of hydrogen-bond acceptors (Lipinski definition) is 3. The molecule has 22 heavy (non-hydrogen) atoms. The number of anilines is 1. The highest BCUT2D eigenvalue weighted by atomic mass is 16.5. The first-order valence-corrected chi connectivity index (χ1v) is 7.64. The zero-order valence-electron chi connectivity index (χ0n) is 12.8. The summed E-state index contributed by atoms with van der Waals surface area (Å²) >= 11 is 0. The fourth-order valence-corrected chi connectivity index (χ4v) is 2.53. The number of imidazole rings is 1. The summed E-state index contributed by atoms with van der Waals surface area (Å²) in [5.74, 6) is 1.51. The first kappa shape index (κ1) is 14.4. The number of ether oxygens (including phenoxy) is 1. The number of fused-ring (bicyclic) bond motifs is 1. The van der Waals surface area contributed by atoms with Crippen LogP contribution in [0.2, 0.25) is 0 Å². The maximum Gasteiger partial charge on any atom is 0.201 e. The number of benzene rings is 2. The van der Waals surface area contributed by atoms with Crippen LogP contribution in [-0.2, 0) is 6.54 Å². The van der Waals surface area contributed by atoms with E-state index in [-0.39, 0.29) is 0 Å². The Morgan fingerprint density at radius 3 is 2.64 bits per heavy atom. The van der Waals surface area contributed by atoms with E-state index >= 15 is 0 Å². The summed E-state index contributed by atoms with van der Waals surface area (Å²) in [7, 11) is 0. The number of aromatic nitrogens is 2. The molecule has 1 heterocycles. The van der Waals surface area contributed by atoms with Gasteiger partial charge in [-0.3, -0.25) is 0 Å². The first-order chi connectivity index (χ1) is 10.7. The average molecular weight is 295 g/mol. The van der Waals surface area contributed by atoms with Crippen molar-refractivity contribution >= 4 is 17.0 Å². The minimum absolute atomic E-state index is 0.584. The van der Waals surface area contributed by atoms with Crippen molar-refractivity contribution in [1.82, 2.24) is 9.55 Å². The van der Waals surface area contributed by atoms with Gasteiger partial charge < -0.3 is 15.0 Å². The molecule has 0 amide bonds. The lowest BCUT2D eigenvalue weighted by Crippen LogP contribution is -2.05. The van der Waals surface area contributed by atoms with Crippen LogP contribution in [-0.4, -0.2) is 16.2 Å². The smallest absolute Gasteiger partial charge is 0.201 e. The lowest BCUT2D eigenvalue weighted by molar-refractivity contribution is 0.303. The molecular formula is C18H21N3O. The van der Waals surface area contributed by atoms with Crippen molar-refractivity contribution in [3.8, 4) is 5.75 Å². The van der Waals surface area contributed by atoms with E-state index in [0.717, 1.165) is 42.8 Å². The summed E-state index contributed by atoms with van der Waals surface area (Å²) in [6.07, 6.45) is 2.00. The maximum atomic E-state index is 5.99. The summed E-state index contributed by atoms with van der Waals surface area (Å²) < 4.78 is 7.81. The van der Waals surface area contributed by atoms with Crippen LogP contribution in [0.5, 0.6) is 5.75 Å². The van der Waals surface area contributed by atoms with E-state index in [1.165, 1.54) is 5.56 Å². The fourth-order valence-electron chi connectivity index (χ4n) is 2.53. The fraction of sp³-hybridized carbons (Fsp3) is 0.278. The highest BCUT2D eigenvalue weighted by Gasteiger charge is 2.06. The number of nitrogen functional groups attached to an aromatic ring is 1. The zero-order chi connectivity index (χ0) is 15.4. The molecule has 0 aliphatic heterocycles. The van der Waals surface area contributed by atoms with E-state index in [9.17, 15) is 0 Å². The van der Waals surface area contributed by atoms with Gasteiger partial charge in [0.2, 0.25) is 5.95 Å². The normalized spacial score (nSPS) is 11.0. The SMILES string of the molecule is Cc1ccc(OCCCCn2c(N)nc3ccccc32)cc1. The van der Waals surface area contributed by atoms with Crippen molar-refractivity contribution < 1.29 is 4.74 Å². The minimum atomic E-state index is 0.584. The summed E-state index contributed by atoms with van der Waals surface area (Å²) in [5.41, 5.74) is 9.29. The molecule has 3 rings (SSSR count). The van der Waals surface area contributed by atoms with Crippen LogP contribution < -0.4 is 10.5 Å². The summed E-state index contributed by atoms with van der Waals surface area (Å²) in [6, 6.07) is 16.2. The van der Waals surface area contributed by atoms with Gasteiger partial charge in [0.1, 0.15) is 5.75 Å². The average Bonchev–Trinajstić information content (AvgIpc) is 2.85. The Bertz CT molecular complexity index is 747. The molecule has 4 nitrogen and oxygen atoms in total. The van der Waals surface area contributed by atoms with Gasteiger partial charge in [0.25, 0.3) is 0 Å². The Hall–Kier alpha value is -2.49. The molecule has 0 bridgehead atoms. The minimum Gasteiger partial charge on any atom is -0.494 e. The van der Waals surface area contributed by atoms with E-state index in [0.29, 0.717) is 5.95 Å². The molecule has 2 N–H and O–H groups in total. The van der Waals surface area contributed by atoms with E-state index in [1.807, 2.05) is 30.3 Å². The lowest BCUT2D eigenvalue weighted by atomic mass is 10.2. The number of para-hydroxylation sites is 2. The predicted octanol–water partition coefficient (Wildman–Crippen LogP) is 3.79. The number of unbranched alkanes of at least 4 members (excludes halogenated alkanes) is 1. The second kappa shape index (κ2) is 6.52. The third-order valence-corrected chi connectivity index (χ3v) is 3.75. The Morgan fingerprint density at radius 1 is 1.05 bits per heavy atom. The molecule has 0 spiro atoms. The predicted molar refractivity (Wildman–Crippen MR) is 90.1 cm³/mol. The monoisotopic (exact) mass is 295 g/mol. The number of aryl methyl sites for hydroxylation is 2. The molecule has 0 unspecified atom stereocenters. The molecule has 1 aromatic heterocycles. The van der Waals surface area contributed by atoms with Gasteiger partial charge in [-0.15, -0.1) is 0 Å². The Balaban J connectivity index is 1.50. The molecule has 2 aromatic carbocycles. The van der Waals surface area contributed by atoms with Gasteiger partial charge in [-0.1, -0.05) is 29.8 Å². The Morgan fingerprint density at radius 2 is 1.82 bits per heavy atom. The standard InChI is InChI=1S/C18H21N3O/c1-14-8-10-15(11-9-14)22-13-5-4-12-21-17-7-3-2-6-16(17)20-18(21)19/h2-3,6-11H,4-5,12-13H2,1H3,(H2,19,20). The van der Waals surface area contributed by atoms with Crippen LogP contribution in [0, 0.1) is 6.92 Å². The van der Waals surface area contributed by atoms with Crippen LogP contribution >= 0.6 is 0 Å². The molecule has 0 aliphatic rings. The van der Waals surface area contributed by atoms with Crippen LogP contribution in [0.3, 0.4) is 0 Å². The third kappa shape index (κ3) is 3.22. The van der Waals surface area contributed by atoms with Gasteiger partial charge in [-0.2, -0.15) is 0 Å². The zero-order valence-corrected chi connectivity index (χ0v) is 12.8. The van der Waals surface area contributed by atoms with Gasteiger partial charge in [0.15, 0.2) is 0 Å². The van der Waals surface area contributed by atoms with Crippen molar-refractivity contribution in [1.29, 1.82) is 0 Å². The third-order valence-electron chi connectivity index (χ3n) is 3.75. The van der Waals surface area contributed by atoms with Crippen molar-refractivity contribution in [2.75, 3.05) is 12.3 Å². The summed E-state index contributed by atoms with van der Waals surface area (Å²) in [6.45, 7) is 3.66. The van der Waals surface area contributed by atoms with Gasteiger partial charge in [-0.05, 0) is 44.0 Å². The summed E-state index contributed by atoms with van der Waals surface area (Å²) in [4.78, 5) is 4.38. The van der Waals surface area contributed by atoms with Crippen molar-refractivity contribution in [3.05, 3.63) is 54.1 Å². The second-order valence-corrected chi connectivity index (χ2v) is 5.48. The maximum absolute atomic E-state index is 5.99. The quantitative estimate of drug-likeness (QED) is 0.704. The molecule has 0 fully saturated rings. The highest BCUT2D eigenvalue weighted by Crippen LogP contribution is 2.18. The van der Waals surface area contributed by atoms with Crippen molar-refractivity contribution in [2.24, 2.45) is 0 Å². The molecule has 0 radical (unpaired) electrons. The molecule has 114 valence electrons. The molecular weight excluding hydrogens is 274 g/mol. The molecule has 4 heteroatoms. The Kier molecular flexibility index (Phi) is 4.28. The highest BCUT2D eigenvalue weighted by molar-refractivity contribution is 5.78. The lowest BCUT2D eigenvalue weighted by Gasteiger charge is -2.08. The number of hydrogen-bond donors (Lipinski definition) is 1. The molecule has 0 atom stereocenters. The first-order valence-electron chi connectivity index (χ1n) is 7.64. The summed E-state index contributed by atoms with van der Waals surface area (Å²) in [5, 5.41) is 0. The number of nitrogens with zero attached hydrogens (tertiary/aromatic N) is 2. The van der Waals surface area contributed by atoms with Crippen LogP contribution in [0.15, 0.2) is 48.5 Å². The Labute approximate surface area is 130 Å². The number of rotatable bonds is 6. The van der Waals surface area contributed by atoms with E-state index < -0.39 is 0 Å². The molecule has 0 aliphatic carbocycles. The van der Waals surface area contributed by atoms with E-state index in [4.69, 9.17) is 10.5 Å². The van der Waals surface area contributed by atoms with Gasteiger partial charge in [0.05, 0.1) is 17.6 Å². The molecule has 0 saturated carbocycles. The van der Waals surface area contributed by atoms with Crippen molar-refractivity contribution in [3.63, 3.8) is 0 Å². The van der Waals surface area contributed by atoms with E-state index in [2.05, 4.69) is 34.7 Å². The largest absolute Gasteiger partial charge is 0.494 e.